The maximum absolute atomic E-state index is 4.05. The van der Waals surface area contributed by atoms with Gasteiger partial charge < -0.3 is 9.88 Å². The Morgan fingerprint density at radius 3 is 2.70 bits per heavy atom. The molecule has 0 saturated heterocycles. The molecule has 0 aliphatic heterocycles. The summed E-state index contributed by atoms with van der Waals surface area (Å²) in [6, 6.07) is 13.0. The number of pyridine rings is 1. The maximum atomic E-state index is 4.05. The second-order valence-electron chi connectivity index (χ2n) is 5.04. The summed E-state index contributed by atoms with van der Waals surface area (Å²) in [6.07, 6.45) is 6.92. The summed E-state index contributed by atoms with van der Waals surface area (Å²) in [6.45, 7) is 1.91. The molecular weight excluding hydrogens is 246 g/mol. The third kappa shape index (κ3) is 2.73. The predicted octanol–water partition coefficient (Wildman–Crippen LogP) is 3.00. The Labute approximate surface area is 119 Å². The zero-order valence-electron chi connectivity index (χ0n) is 11.7. The molecule has 3 heteroatoms. The van der Waals surface area contributed by atoms with E-state index in [4.69, 9.17) is 0 Å². The van der Waals surface area contributed by atoms with E-state index in [0.29, 0.717) is 0 Å². The molecule has 2 aromatic heterocycles. The van der Waals surface area contributed by atoms with Crippen molar-refractivity contribution < 1.29 is 0 Å². The Morgan fingerprint density at radius 1 is 1.05 bits per heavy atom. The van der Waals surface area contributed by atoms with Crippen LogP contribution in [0, 0.1) is 0 Å². The number of rotatable bonds is 5. The summed E-state index contributed by atoms with van der Waals surface area (Å²) in [7, 11) is 1.98. The largest absolute Gasteiger partial charge is 0.347 e. The Balaban J connectivity index is 1.78. The summed E-state index contributed by atoms with van der Waals surface area (Å²) < 4.78 is 2.32. The van der Waals surface area contributed by atoms with Crippen molar-refractivity contribution in [1.29, 1.82) is 0 Å². The molecule has 0 aliphatic rings. The fourth-order valence-electron chi connectivity index (χ4n) is 2.56. The van der Waals surface area contributed by atoms with E-state index >= 15 is 0 Å². The van der Waals surface area contributed by atoms with Gasteiger partial charge in [0.1, 0.15) is 0 Å². The van der Waals surface area contributed by atoms with Gasteiger partial charge in [-0.05, 0) is 60.3 Å². The van der Waals surface area contributed by atoms with Gasteiger partial charge in [-0.3, -0.25) is 4.98 Å². The molecule has 3 rings (SSSR count). The molecular formula is C17H19N3. The van der Waals surface area contributed by atoms with Crippen molar-refractivity contribution in [2.45, 2.75) is 19.5 Å². The van der Waals surface area contributed by atoms with Crippen LogP contribution in [0.4, 0.5) is 0 Å². The molecule has 0 spiro atoms. The molecule has 0 unspecified atom stereocenters. The first-order valence-corrected chi connectivity index (χ1v) is 6.98. The Kier molecular flexibility index (Phi) is 3.79. The minimum atomic E-state index is 0.915. The van der Waals surface area contributed by atoms with Crippen LogP contribution < -0.4 is 5.32 Å². The first-order chi connectivity index (χ1) is 9.86. The number of nitrogens with zero attached hydrogens (tertiary/aromatic N) is 2. The number of aromatic nitrogens is 2. The lowest BCUT2D eigenvalue weighted by atomic mass is 10.1. The molecule has 0 fully saturated rings. The van der Waals surface area contributed by atoms with Gasteiger partial charge in [-0.15, -0.1) is 0 Å². The second kappa shape index (κ2) is 5.88. The van der Waals surface area contributed by atoms with E-state index in [1.54, 1.807) is 0 Å². The van der Waals surface area contributed by atoms with Crippen LogP contribution in [0.5, 0.6) is 0 Å². The van der Waals surface area contributed by atoms with Crippen molar-refractivity contribution in [2.75, 3.05) is 7.05 Å². The lowest BCUT2D eigenvalue weighted by Gasteiger charge is -2.06. The van der Waals surface area contributed by atoms with Crippen molar-refractivity contribution in [3.05, 3.63) is 66.1 Å². The molecule has 1 aromatic carbocycles. The first kappa shape index (κ1) is 12.9. The van der Waals surface area contributed by atoms with E-state index in [1.165, 1.54) is 22.0 Å². The zero-order valence-corrected chi connectivity index (χ0v) is 11.7. The number of nitrogens with one attached hydrogen (secondary N) is 1. The average molecular weight is 265 g/mol. The molecule has 0 bridgehead atoms. The number of benzene rings is 1. The van der Waals surface area contributed by atoms with Gasteiger partial charge >= 0.3 is 0 Å². The normalized spacial score (nSPS) is 11.1. The van der Waals surface area contributed by atoms with Crippen LogP contribution in [0.3, 0.4) is 0 Å². The van der Waals surface area contributed by atoms with Gasteiger partial charge in [0.25, 0.3) is 0 Å². The standard InChI is InChI=1S/C17H19N3/c1-18-13-15-2-3-17-16(12-15)7-11-20(17)10-6-14-4-8-19-9-5-14/h2-5,7-9,11-12,18H,6,10,13H2,1H3. The molecule has 0 saturated carbocycles. The minimum absolute atomic E-state index is 0.915. The fourth-order valence-corrected chi connectivity index (χ4v) is 2.56. The van der Waals surface area contributed by atoms with Crippen LogP contribution in [0.2, 0.25) is 0 Å². The van der Waals surface area contributed by atoms with Gasteiger partial charge in [0.2, 0.25) is 0 Å². The smallest absolute Gasteiger partial charge is 0.0480 e. The van der Waals surface area contributed by atoms with Crippen molar-refractivity contribution in [2.24, 2.45) is 0 Å². The van der Waals surface area contributed by atoms with Crippen LogP contribution in [0.25, 0.3) is 10.9 Å². The molecule has 3 aromatic rings. The quantitative estimate of drug-likeness (QED) is 0.768. The van der Waals surface area contributed by atoms with Crippen LogP contribution in [0.15, 0.2) is 55.0 Å². The highest BCUT2D eigenvalue weighted by atomic mass is 14.9. The number of aryl methyl sites for hydroxylation is 2. The molecule has 0 atom stereocenters. The molecule has 3 nitrogen and oxygen atoms in total. The lowest BCUT2D eigenvalue weighted by Crippen LogP contribution is -2.04. The van der Waals surface area contributed by atoms with Gasteiger partial charge in [0.05, 0.1) is 0 Å². The van der Waals surface area contributed by atoms with Crippen LogP contribution >= 0.6 is 0 Å². The van der Waals surface area contributed by atoms with Gasteiger partial charge in [0.15, 0.2) is 0 Å². The molecule has 2 heterocycles. The first-order valence-electron chi connectivity index (χ1n) is 6.98. The van der Waals surface area contributed by atoms with Crippen molar-refractivity contribution in [3.63, 3.8) is 0 Å². The summed E-state index contributed by atoms with van der Waals surface area (Å²) in [5, 5.41) is 4.50. The molecule has 20 heavy (non-hydrogen) atoms. The van der Waals surface area contributed by atoms with E-state index in [-0.39, 0.29) is 0 Å². The fraction of sp³-hybridized carbons (Fsp3) is 0.235. The predicted molar refractivity (Wildman–Crippen MR) is 82.6 cm³/mol. The highest BCUT2D eigenvalue weighted by Crippen LogP contribution is 2.18. The van der Waals surface area contributed by atoms with Gasteiger partial charge in [0, 0.05) is 37.2 Å². The van der Waals surface area contributed by atoms with Crippen molar-refractivity contribution in [1.82, 2.24) is 14.9 Å². The summed E-state index contributed by atoms with van der Waals surface area (Å²) in [4.78, 5) is 4.05. The monoisotopic (exact) mass is 265 g/mol. The Hall–Kier alpha value is -2.13. The zero-order chi connectivity index (χ0) is 13.8. The van der Waals surface area contributed by atoms with E-state index in [2.05, 4.69) is 57.5 Å². The number of fused-ring (bicyclic) bond motifs is 1. The van der Waals surface area contributed by atoms with Crippen molar-refractivity contribution >= 4 is 10.9 Å². The Bertz CT molecular complexity index is 686. The minimum Gasteiger partial charge on any atom is -0.347 e. The van der Waals surface area contributed by atoms with Gasteiger partial charge in [-0.1, -0.05) is 6.07 Å². The van der Waals surface area contributed by atoms with Crippen molar-refractivity contribution in [3.8, 4) is 0 Å². The highest BCUT2D eigenvalue weighted by molar-refractivity contribution is 5.80. The Morgan fingerprint density at radius 2 is 1.90 bits per heavy atom. The molecule has 1 N–H and O–H groups in total. The van der Waals surface area contributed by atoms with E-state index < -0.39 is 0 Å². The highest BCUT2D eigenvalue weighted by Gasteiger charge is 2.02. The molecule has 0 amide bonds. The second-order valence-corrected chi connectivity index (χ2v) is 5.04. The van der Waals surface area contributed by atoms with Crippen LogP contribution in [0.1, 0.15) is 11.1 Å². The van der Waals surface area contributed by atoms with E-state index in [1.807, 2.05) is 19.4 Å². The third-order valence-electron chi connectivity index (χ3n) is 3.61. The molecule has 0 aliphatic carbocycles. The third-order valence-corrected chi connectivity index (χ3v) is 3.61. The van der Waals surface area contributed by atoms with E-state index in [9.17, 15) is 0 Å². The summed E-state index contributed by atoms with van der Waals surface area (Å²) in [5.74, 6) is 0. The number of hydrogen-bond acceptors (Lipinski definition) is 2. The van der Waals surface area contributed by atoms with E-state index in [0.717, 1.165) is 19.5 Å². The maximum Gasteiger partial charge on any atom is 0.0480 e. The summed E-state index contributed by atoms with van der Waals surface area (Å²) in [5.41, 5.74) is 3.96. The SMILES string of the molecule is CNCc1ccc2c(ccn2CCc2ccncc2)c1. The van der Waals surface area contributed by atoms with Crippen LogP contribution in [-0.4, -0.2) is 16.6 Å². The lowest BCUT2D eigenvalue weighted by molar-refractivity contribution is 0.722. The van der Waals surface area contributed by atoms with Crippen LogP contribution in [-0.2, 0) is 19.5 Å². The number of hydrogen-bond donors (Lipinski definition) is 1. The van der Waals surface area contributed by atoms with Gasteiger partial charge in [-0.2, -0.15) is 0 Å². The average Bonchev–Trinajstić information content (AvgIpc) is 2.89. The summed E-state index contributed by atoms with van der Waals surface area (Å²) >= 11 is 0. The molecule has 0 radical (unpaired) electrons. The topological polar surface area (TPSA) is 29.9 Å². The van der Waals surface area contributed by atoms with Gasteiger partial charge in [-0.25, -0.2) is 0 Å². The molecule has 102 valence electrons.